The van der Waals surface area contributed by atoms with E-state index in [-0.39, 0.29) is 5.41 Å². The van der Waals surface area contributed by atoms with E-state index in [1.807, 2.05) is 24.5 Å². The van der Waals surface area contributed by atoms with Gasteiger partial charge in [0.1, 0.15) is 0 Å². The van der Waals surface area contributed by atoms with Crippen molar-refractivity contribution in [3.05, 3.63) is 217 Å². The van der Waals surface area contributed by atoms with Crippen molar-refractivity contribution in [1.82, 2.24) is 9.97 Å². The third-order valence-electron chi connectivity index (χ3n) is 15.6. The highest BCUT2D eigenvalue weighted by atomic mass is 14.7. The van der Waals surface area contributed by atoms with Crippen molar-refractivity contribution < 1.29 is 0 Å². The standard InChI is InChI=1S/C71H72N2/c1-5-7-9-11-13-19-37-71(38-20-14-12-10-8-6-2)67-42-52(4)33-35-65(67)66-36-34-54(50-68(66)71)58-44-57(53-26-24-28-56(43-53)64-30-16-15-29-63(64)55-27-23-25-51(3)41-55)45-59(46-58)60-47-61(69-31-17-21-39-72-69)49-62(48-60)70-32-18-22-40-73-70/h15-18,21-36,39-50H,5-14,19-20,37-38H2,1-4H3. The molecule has 1 aliphatic rings. The van der Waals surface area contributed by atoms with Crippen molar-refractivity contribution in [2.45, 2.75) is 123 Å². The van der Waals surface area contributed by atoms with Crippen LogP contribution in [0.4, 0.5) is 0 Å². The third-order valence-corrected chi connectivity index (χ3v) is 15.6. The van der Waals surface area contributed by atoms with Crippen LogP contribution in [0.25, 0.3) is 89.3 Å². The van der Waals surface area contributed by atoms with Crippen LogP contribution in [-0.2, 0) is 5.41 Å². The molecule has 73 heavy (non-hydrogen) atoms. The number of aryl methyl sites for hydroxylation is 2. The maximum atomic E-state index is 4.85. The Morgan fingerprint density at radius 3 is 1.29 bits per heavy atom. The smallest absolute Gasteiger partial charge is 0.0702 e. The van der Waals surface area contributed by atoms with Gasteiger partial charge in [0.15, 0.2) is 0 Å². The molecule has 2 heteroatoms. The quantitative estimate of drug-likeness (QED) is 0.0671. The molecule has 7 aromatic carbocycles. The molecule has 1 aliphatic carbocycles. The molecule has 0 saturated heterocycles. The van der Waals surface area contributed by atoms with Crippen molar-refractivity contribution in [3.63, 3.8) is 0 Å². The second-order valence-electron chi connectivity index (χ2n) is 21.0. The molecule has 0 amide bonds. The molecule has 0 spiro atoms. The van der Waals surface area contributed by atoms with E-state index in [1.165, 1.54) is 162 Å². The number of pyridine rings is 2. The van der Waals surface area contributed by atoms with Gasteiger partial charge >= 0.3 is 0 Å². The summed E-state index contributed by atoms with van der Waals surface area (Å²) in [6.07, 6.45) is 21.8. The first-order chi connectivity index (χ1) is 35.9. The van der Waals surface area contributed by atoms with E-state index in [1.54, 1.807) is 5.56 Å². The third kappa shape index (κ3) is 11.1. The zero-order valence-corrected chi connectivity index (χ0v) is 43.8. The van der Waals surface area contributed by atoms with Crippen molar-refractivity contribution in [2.75, 3.05) is 0 Å². The first kappa shape index (κ1) is 49.4. The van der Waals surface area contributed by atoms with Crippen LogP contribution in [0.1, 0.15) is 126 Å². The lowest BCUT2D eigenvalue weighted by Gasteiger charge is -2.33. The second-order valence-corrected chi connectivity index (χ2v) is 21.0. The predicted molar refractivity (Wildman–Crippen MR) is 312 cm³/mol. The molecular formula is C71H72N2. The molecule has 2 aromatic heterocycles. The molecule has 9 aromatic rings. The summed E-state index contributed by atoms with van der Waals surface area (Å²) in [5.74, 6) is 0. The average molecular weight is 953 g/mol. The lowest BCUT2D eigenvalue weighted by Crippen LogP contribution is -2.25. The minimum Gasteiger partial charge on any atom is -0.256 e. The van der Waals surface area contributed by atoms with Crippen LogP contribution >= 0.6 is 0 Å². The summed E-state index contributed by atoms with van der Waals surface area (Å²) < 4.78 is 0. The van der Waals surface area contributed by atoms with Crippen LogP contribution in [0, 0.1) is 13.8 Å². The summed E-state index contributed by atoms with van der Waals surface area (Å²) in [6, 6.07) is 68.3. The summed E-state index contributed by atoms with van der Waals surface area (Å²) >= 11 is 0. The molecule has 2 nitrogen and oxygen atoms in total. The molecule has 0 fully saturated rings. The molecule has 366 valence electrons. The zero-order valence-electron chi connectivity index (χ0n) is 43.8. The average Bonchev–Trinajstić information content (AvgIpc) is 3.70. The first-order valence-electron chi connectivity index (χ1n) is 27.6. The molecule has 10 rings (SSSR count). The molecular weight excluding hydrogens is 881 g/mol. The fourth-order valence-electron chi connectivity index (χ4n) is 11.8. The van der Waals surface area contributed by atoms with Gasteiger partial charge in [-0.25, -0.2) is 0 Å². The second kappa shape index (κ2) is 23.2. The van der Waals surface area contributed by atoms with E-state index in [0.717, 1.165) is 33.6 Å². The Morgan fingerprint density at radius 1 is 0.301 bits per heavy atom. The maximum Gasteiger partial charge on any atom is 0.0702 e. The number of hydrogen-bond donors (Lipinski definition) is 0. The minimum absolute atomic E-state index is 0.0176. The Morgan fingerprint density at radius 2 is 0.726 bits per heavy atom. The Hall–Kier alpha value is -7.16. The van der Waals surface area contributed by atoms with Gasteiger partial charge < -0.3 is 0 Å². The van der Waals surface area contributed by atoms with E-state index in [9.17, 15) is 0 Å². The highest BCUT2D eigenvalue weighted by Gasteiger charge is 2.42. The Labute approximate surface area is 436 Å². The fraction of sp³-hybridized carbons (Fsp3) is 0.268. The Bertz CT molecular complexity index is 3220. The van der Waals surface area contributed by atoms with Gasteiger partial charge in [0.05, 0.1) is 11.4 Å². The van der Waals surface area contributed by atoms with Gasteiger partial charge in [-0.2, -0.15) is 0 Å². The summed E-state index contributed by atoms with van der Waals surface area (Å²) in [4.78, 5) is 9.70. The molecule has 0 bridgehead atoms. The molecule has 0 N–H and O–H groups in total. The number of nitrogens with zero attached hydrogens (tertiary/aromatic N) is 2. The van der Waals surface area contributed by atoms with E-state index in [4.69, 9.17) is 9.97 Å². The normalized spacial score (nSPS) is 12.4. The van der Waals surface area contributed by atoms with E-state index >= 15 is 0 Å². The van der Waals surface area contributed by atoms with Crippen LogP contribution in [0.5, 0.6) is 0 Å². The van der Waals surface area contributed by atoms with Crippen LogP contribution in [0.2, 0.25) is 0 Å². The van der Waals surface area contributed by atoms with Crippen LogP contribution in [0.3, 0.4) is 0 Å². The fourth-order valence-corrected chi connectivity index (χ4v) is 11.8. The number of fused-ring (bicyclic) bond motifs is 3. The minimum atomic E-state index is -0.0176. The molecule has 2 heterocycles. The summed E-state index contributed by atoms with van der Waals surface area (Å²) in [6.45, 7) is 9.11. The van der Waals surface area contributed by atoms with Crippen molar-refractivity contribution >= 4 is 0 Å². The number of aromatic nitrogens is 2. The first-order valence-corrected chi connectivity index (χ1v) is 27.6. The topological polar surface area (TPSA) is 25.8 Å². The molecule has 0 radical (unpaired) electrons. The zero-order chi connectivity index (χ0) is 50.0. The summed E-state index contributed by atoms with van der Waals surface area (Å²) in [5.41, 5.74) is 24.7. The van der Waals surface area contributed by atoms with Crippen molar-refractivity contribution in [2.24, 2.45) is 0 Å². The van der Waals surface area contributed by atoms with Gasteiger partial charge in [0, 0.05) is 28.9 Å². The lowest BCUT2D eigenvalue weighted by atomic mass is 9.70. The predicted octanol–water partition coefficient (Wildman–Crippen LogP) is 20.5. The highest BCUT2D eigenvalue weighted by Crippen LogP contribution is 2.55. The summed E-state index contributed by atoms with van der Waals surface area (Å²) in [5, 5.41) is 0. The number of unbranched alkanes of at least 4 members (excludes halogenated alkanes) is 10. The van der Waals surface area contributed by atoms with Gasteiger partial charge in [-0.3, -0.25) is 9.97 Å². The van der Waals surface area contributed by atoms with E-state index < -0.39 is 0 Å². The molecule has 0 unspecified atom stereocenters. The highest BCUT2D eigenvalue weighted by molar-refractivity contribution is 5.90. The van der Waals surface area contributed by atoms with Gasteiger partial charge in [-0.05, 0) is 177 Å². The van der Waals surface area contributed by atoms with Crippen molar-refractivity contribution in [3.8, 4) is 89.3 Å². The van der Waals surface area contributed by atoms with E-state index in [0.29, 0.717) is 0 Å². The van der Waals surface area contributed by atoms with Gasteiger partial charge in [-0.15, -0.1) is 0 Å². The van der Waals surface area contributed by atoms with Crippen molar-refractivity contribution in [1.29, 1.82) is 0 Å². The number of hydrogen-bond acceptors (Lipinski definition) is 2. The van der Waals surface area contributed by atoms with E-state index in [2.05, 4.69) is 198 Å². The number of rotatable bonds is 21. The van der Waals surface area contributed by atoms with Gasteiger partial charge in [0.2, 0.25) is 0 Å². The van der Waals surface area contributed by atoms with Crippen LogP contribution in [-0.4, -0.2) is 9.97 Å². The van der Waals surface area contributed by atoms with Gasteiger partial charge in [-0.1, -0.05) is 211 Å². The van der Waals surface area contributed by atoms with Gasteiger partial charge in [0.25, 0.3) is 0 Å². The largest absolute Gasteiger partial charge is 0.256 e. The SMILES string of the molecule is CCCCCCCCC1(CCCCCCCC)c2cc(C)ccc2-c2ccc(-c3cc(-c4cc(-c5ccccn5)cc(-c5ccccn5)c4)cc(-c4cccc(-c5ccccc5-c5cccc(C)c5)c4)c3)cc21. The molecule has 0 atom stereocenters. The van der Waals surface area contributed by atoms with Crippen LogP contribution in [0.15, 0.2) is 194 Å². The maximum absolute atomic E-state index is 4.85. The molecule has 0 aliphatic heterocycles. The monoisotopic (exact) mass is 953 g/mol. The van der Waals surface area contributed by atoms with Crippen LogP contribution < -0.4 is 0 Å². The lowest BCUT2D eigenvalue weighted by molar-refractivity contribution is 0.398. The summed E-state index contributed by atoms with van der Waals surface area (Å²) in [7, 11) is 0. The Kier molecular flexibility index (Phi) is 15.7. The Balaban J connectivity index is 1.14. The number of benzene rings is 7. The molecule has 0 saturated carbocycles.